The first-order valence-electron chi connectivity index (χ1n) is 16.1. The first-order valence-corrected chi connectivity index (χ1v) is 16.1. The molecule has 4 aliphatic rings. The average molecular weight is 583 g/mol. The van der Waals surface area contributed by atoms with Crippen LogP contribution in [0.4, 0.5) is 0 Å². The summed E-state index contributed by atoms with van der Waals surface area (Å²) in [7, 11) is 5.14. The molecule has 0 aliphatic heterocycles. The van der Waals surface area contributed by atoms with Crippen molar-refractivity contribution >= 4 is 5.97 Å². The summed E-state index contributed by atoms with van der Waals surface area (Å²) in [5.41, 5.74) is 0.374. The fourth-order valence-electron chi connectivity index (χ4n) is 10.5. The highest BCUT2D eigenvalue weighted by Gasteiger charge is 2.67. The molecule has 3 unspecified atom stereocenters. The smallest absolute Gasteiger partial charge is 0.302 e. The minimum atomic E-state index is -0.212. The molecule has 0 N–H and O–H groups in total. The molecule has 4 fully saturated rings. The van der Waals surface area contributed by atoms with E-state index in [0.29, 0.717) is 68.4 Å². The molecule has 0 radical (unpaired) electrons. The predicted octanol–water partition coefficient (Wildman–Crippen LogP) is 6.06. The van der Waals surface area contributed by atoms with Crippen LogP contribution in [0.25, 0.3) is 0 Å². The van der Waals surface area contributed by atoms with Gasteiger partial charge in [-0.05, 0) is 97.2 Å². The van der Waals surface area contributed by atoms with Gasteiger partial charge in [-0.3, -0.25) is 4.79 Å². The number of methoxy groups -OCH3 is 3. The molecule has 4 aliphatic carbocycles. The Morgan fingerprint density at radius 2 is 1.51 bits per heavy atom. The lowest BCUT2D eigenvalue weighted by Crippen LogP contribution is -2.63. The van der Waals surface area contributed by atoms with Gasteiger partial charge in [-0.15, -0.1) is 0 Å². The number of fused-ring (bicyclic) bond motifs is 5. The molecule has 0 bridgehead atoms. The minimum Gasteiger partial charge on any atom is -0.466 e. The zero-order valence-electron chi connectivity index (χ0n) is 27.0. The predicted molar refractivity (Wildman–Crippen MR) is 156 cm³/mol. The van der Waals surface area contributed by atoms with Gasteiger partial charge in [0.15, 0.2) is 0 Å². The van der Waals surface area contributed by atoms with Gasteiger partial charge in [0.25, 0.3) is 0 Å². The van der Waals surface area contributed by atoms with Crippen molar-refractivity contribution in [3.05, 3.63) is 0 Å². The largest absolute Gasteiger partial charge is 0.466 e. The fraction of sp³-hybridized carbons (Fsp3) is 0.970. The Labute approximate surface area is 248 Å². The second-order valence-corrected chi connectivity index (χ2v) is 14.0. The zero-order valence-corrected chi connectivity index (χ0v) is 27.0. The quantitative estimate of drug-likeness (QED) is 0.181. The summed E-state index contributed by atoms with van der Waals surface area (Å²) in [6.07, 6.45) is 9.22. The number of esters is 1. The van der Waals surface area contributed by atoms with E-state index >= 15 is 0 Å². The number of hydrogen-bond acceptors (Lipinski definition) is 8. The van der Waals surface area contributed by atoms with Crippen LogP contribution >= 0.6 is 0 Å². The summed E-state index contributed by atoms with van der Waals surface area (Å²) in [5, 5.41) is 0. The van der Waals surface area contributed by atoms with Crippen LogP contribution in [0.5, 0.6) is 0 Å². The Morgan fingerprint density at radius 3 is 2.17 bits per heavy atom. The van der Waals surface area contributed by atoms with Crippen LogP contribution < -0.4 is 0 Å². The molecule has 4 saturated carbocycles. The van der Waals surface area contributed by atoms with E-state index in [2.05, 4.69) is 27.7 Å². The molecule has 41 heavy (non-hydrogen) atoms. The van der Waals surface area contributed by atoms with Crippen molar-refractivity contribution in [1.82, 2.24) is 0 Å². The average Bonchev–Trinajstić information content (AvgIpc) is 3.25. The van der Waals surface area contributed by atoms with Gasteiger partial charge < -0.3 is 33.2 Å². The van der Waals surface area contributed by atoms with Crippen molar-refractivity contribution in [2.75, 3.05) is 48.3 Å². The number of rotatable bonds is 14. The fourth-order valence-corrected chi connectivity index (χ4v) is 10.5. The maximum atomic E-state index is 11.5. The number of hydrogen-bond donors (Lipinski definition) is 0. The molecule has 0 aromatic rings. The molecule has 0 aromatic carbocycles. The summed E-state index contributed by atoms with van der Waals surface area (Å²) in [5.74, 6) is 3.05. The van der Waals surface area contributed by atoms with Gasteiger partial charge in [0.05, 0.1) is 24.9 Å². The Hall–Kier alpha value is -0.770. The number of carbonyl (C=O) groups is 1. The van der Waals surface area contributed by atoms with Crippen LogP contribution in [0, 0.1) is 52.3 Å². The van der Waals surface area contributed by atoms with E-state index < -0.39 is 0 Å². The van der Waals surface area contributed by atoms with Crippen LogP contribution in [-0.2, 0) is 38.0 Å². The first kappa shape index (κ1) is 33.1. The van der Waals surface area contributed by atoms with Crippen LogP contribution in [0.15, 0.2) is 0 Å². The van der Waals surface area contributed by atoms with Crippen molar-refractivity contribution in [3.8, 4) is 0 Å². The third-order valence-corrected chi connectivity index (χ3v) is 12.1. The van der Waals surface area contributed by atoms with Crippen LogP contribution in [0.3, 0.4) is 0 Å². The van der Waals surface area contributed by atoms with Crippen molar-refractivity contribution < 1.29 is 38.0 Å². The normalized spacial score (nSPS) is 42.7. The molecule has 12 atom stereocenters. The van der Waals surface area contributed by atoms with Gasteiger partial charge in [-0.1, -0.05) is 34.1 Å². The van der Waals surface area contributed by atoms with Crippen molar-refractivity contribution in [3.63, 3.8) is 0 Å². The first-order chi connectivity index (χ1) is 19.7. The van der Waals surface area contributed by atoms with E-state index in [1.165, 1.54) is 26.2 Å². The minimum absolute atomic E-state index is 0.114. The lowest BCUT2D eigenvalue weighted by Gasteiger charge is -2.65. The van der Waals surface area contributed by atoms with Gasteiger partial charge in [0, 0.05) is 28.3 Å². The van der Waals surface area contributed by atoms with Crippen molar-refractivity contribution in [2.24, 2.45) is 52.3 Å². The van der Waals surface area contributed by atoms with Crippen LogP contribution in [-0.4, -0.2) is 72.6 Å². The molecule has 0 aromatic heterocycles. The Morgan fingerprint density at radius 1 is 0.854 bits per heavy atom. The molecule has 0 spiro atoms. The second-order valence-electron chi connectivity index (χ2n) is 14.0. The molecule has 8 heteroatoms. The van der Waals surface area contributed by atoms with E-state index in [9.17, 15) is 4.79 Å². The maximum absolute atomic E-state index is 11.5. The van der Waals surface area contributed by atoms with Gasteiger partial charge in [-0.25, -0.2) is 0 Å². The SMILES string of the molecule is CC[C@H]1[C@@H](OCOC)C2C3C[C@H](OCOC)[C@H]([C@H](C)CCOC(C)=O)[C@@]3(C)CCC2[C@@]2(C)CC[C@@H](OCOC)C[C@@H]12. The van der Waals surface area contributed by atoms with Gasteiger partial charge in [0.1, 0.15) is 20.4 Å². The molecule has 8 nitrogen and oxygen atoms in total. The zero-order chi connectivity index (χ0) is 29.8. The van der Waals surface area contributed by atoms with E-state index in [0.717, 1.165) is 32.1 Å². The molecule has 0 heterocycles. The lowest BCUT2D eigenvalue weighted by molar-refractivity contribution is -0.239. The second kappa shape index (κ2) is 14.3. The van der Waals surface area contributed by atoms with E-state index in [1.807, 2.05) is 0 Å². The summed E-state index contributed by atoms with van der Waals surface area (Å²) >= 11 is 0. The van der Waals surface area contributed by atoms with E-state index in [4.69, 9.17) is 33.2 Å². The Bertz CT molecular complexity index is 838. The molecule has 0 amide bonds. The van der Waals surface area contributed by atoms with Crippen molar-refractivity contribution in [2.45, 2.75) is 104 Å². The molecule has 238 valence electrons. The highest BCUT2D eigenvalue weighted by atomic mass is 16.7. The van der Waals surface area contributed by atoms with E-state index in [1.54, 1.807) is 21.3 Å². The van der Waals surface area contributed by atoms with Crippen LogP contribution in [0.1, 0.15) is 86.0 Å². The third-order valence-electron chi connectivity index (χ3n) is 12.1. The summed E-state index contributed by atoms with van der Waals surface area (Å²) in [6, 6.07) is 0. The van der Waals surface area contributed by atoms with Gasteiger partial charge in [-0.2, -0.15) is 0 Å². The molecule has 4 rings (SSSR count). The number of carbonyl (C=O) groups excluding carboxylic acids is 1. The van der Waals surface area contributed by atoms with Crippen molar-refractivity contribution in [1.29, 1.82) is 0 Å². The van der Waals surface area contributed by atoms with Gasteiger partial charge in [0.2, 0.25) is 0 Å². The van der Waals surface area contributed by atoms with Gasteiger partial charge >= 0.3 is 5.97 Å². The Balaban J connectivity index is 1.68. The number of ether oxygens (including phenoxy) is 7. The highest BCUT2D eigenvalue weighted by molar-refractivity contribution is 5.65. The highest BCUT2D eigenvalue weighted by Crippen LogP contribution is 2.70. The summed E-state index contributed by atoms with van der Waals surface area (Å²) < 4.78 is 41.0. The Kier molecular flexibility index (Phi) is 11.6. The summed E-state index contributed by atoms with van der Waals surface area (Å²) in [4.78, 5) is 11.5. The van der Waals surface area contributed by atoms with Crippen LogP contribution in [0.2, 0.25) is 0 Å². The monoisotopic (exact) mass is 582 g/mol. The summed E-state index contributed by atoms with van der Waals surface area (Å²) in [6.45, 7) is 12.7. The molecular weight excluding hydrogens is 524 g/mol. The molecular formula is C33H58O8. The third kappa shape index (κ3) is 6.53. The standard InChI is InChI=1S/C33H58O8/c1-9-24-26-16-23(39-18-35-6)10-13-32(26,4)25-11-14-33(5)27(29(25)31(24)41-20-37-8)17-28(40-19-36-7)30(33)21(2)12-15-38-22(3)34/h21,23-31H,9-20H2,1-8H3/t21-,23-,24-,25?,26+,27?,28+,29?,30+,31-,32-,33+/m1/s1. The topological polar surface area (TPSA) is 81.7 Å². The molecule has 0 saturated heterocycles. The van der Waals surface area contributed by atoms with E-state index in [-0.39, 0.29) is 35.1 Å². The lowest BCUT2D eigenvalue weighted by atomic mass is 9.41. The maximum Gasteiger partial charge on any atom is 0.302 e.